The minimum atomic E-state index is -0.703. The van der Waals surface area contributed by atoms with Gasteiger partial charge >= 0.3 is 0 Å². The van der Waals surface area contributed by atoms with E-state index in [1.54, 1.807) is 40.8 Å². The third-order valence-corrected chi connectivity index (χ3v) is 10.8. The molecule has 36 heavy (non-hydrogen) atoms. The van der Waals surface area contributed by atoms with E-state index in [0.717, 1.165) is 25.7 Å². The molecule has 3 amide bonds. The van der Waals surface area contributed by atoms with Gasteiger partial charge in [0.1, 0.15) is 6.04 Å². The summed E-state index contributed by atoms with van der Waals surface area (Å²) in [6.07, 6.45) is 6.82. The zero-order chi connectivity index (χ0) is 26.8. The van der Waals surface area contributed by atoms with E-state index in [2.05, 4.69) is 27.0 Å². The summed E-state index contributed by atoms with van der Waals surface area (Å²) in [5, 5.41) is 10.5. The molecular formula is C28H45N3O4S. The van der Waals surface area contributed by atoms with Crippen LogP contribution in [-0.2, 0) is 14.4 Å². The summed E-state index contributed by atoms with van der Waals surface area (Å²) >= 11 is 1.69. The van der Waals surface area contributed by atoms with E-state index >= 15 is 0 Å². The van der Waals surface area contributed by atoms with Crippen molar-refractivity contribution in [2.75, 3.05) is 33.3 Å². The predicted molar refractivity (Wildman–Crippen MR) is 145 cm³/mol. The van der Waals surface area contributed by atoms with Crippen LogP contribution in [0.2, 0.25) is 0 Å². The summed E-state index contributed by atoms with van der Waals surface area (Å²) in [4.78, 5) is 47.6. The Balaban J connectivity index is 2.15. The molecule has 0 aromatic rings. The second-order valence-corrected chi connectivity index (χ2v) is 12.4. The van der Waals surface area contributed by atoms with Gasteiger partial charge in [0, 0.05) is 31.9 Å². The van der Waals surface area contributed by atoms with Gasteiger partial charge in [0.25, 0.3) is 0 Å². The maximum absolute atomic E-state index is 14.4. The number of unbranched alkanes of at least 4 members (excludes halogenated alkanes) is 1. The molecular weight excluding hydrogens is 474 g/mol. The highest BCUT2D eigenvalue weighted by atomic mass is 32.2. The highest BCUT2D eigenvalue weighted by molar-refractivity contribution is 8.02. The van der Waals surface area contributed by atoms with Crippen LogP contribution < -0.4 is 0 Å². The van der Waals surface area contributed by atoms with Gasteiger partial charge in [0.05, 0.1) is 29.2 Å². The largest absolute Gasteiger partial charge is 0.394 e. The molecule has 3 heterocycles. The summed E-state index contributed by atoms with van der Waals surface area (Å²) in [6, 6.07) is -1.17. The van der Waals surface area contributed by atoms with Crippen LogP contribution in [0.5, 0.6) is 0 Å². The molecule has 202 valence electrons. The maximum Gasteiger partial charge on any atom is 0.247 e. The van der Waals surface area contributed by atoms with Gasteiger partial charge < -0.3 is 19.8 Å². The van der Waals surface area contributed by atoms with E-state index in [9.17, 15) is 19.5 Å². The fourth-order valence-electron chi connectivity index (χ4n) is 6.70. The third-order valence-electron chi connectivity index (χ3n) is 8.77. The number of hydrogen-bond acceptors (Lipinski definition) is 5. The molecule has 2 bridgehead atoms. The molecule has 3 fully saturated rings. The molecule has 0 aromatic carbocycles. The maximum atomic E-state index is 14.4. The van der Waals surface area contributed by atoms with Gasteiger partial charge in [0.2, 0.25) is 17.7 Å². The molecule has 3 saturated heterocycles. The van der Waals surface area contributed by atoms with Crippen molar-refractivity contribution in [3.05, 3.63) is 25.3 Å². The Morgan fingerprint density at radius 2 is 1.92 bits per heavy atom. The predicted octanol–water partition coefficient (Wildman–Crippen LogP) is 3.19. The number of nitrogens with zero attached hydrogens (tertiary/aromatic N) is 3. The average Bonchev–Trinajstić information content (AvgIpc) is 3.45. The monoisotopic (exact) mass is 519 g/mol. The van der Waals surface area contributed by atoms with Crippen molar-refractivity contribution in [3.8, 4) is 0 Å². The molecule has 3 aliphatic rings. The van der Waals surface area contributed by atoms with Crippen LogP contribution in [-0.4, -0.2) is 92.9 Å². The van der Waals surface area contributed by atoms with E-state index in [4.69, 9.17) is 0 Å². The van der Waals surface area contributed by atoms with Crippen molar-refractivity contribution in [2.45, 2.75) is 75.5 Å². The van der Waals surface area contributed by atoms with Crippen molar-refractivity contribution in [1.29, 1.82) is 0 Å². The molecule has 3 aliphatic heterocycles. The summed E-state index contributed by atoms with van der Waals surface area (Å²) in [6.45, 7) is 17.1. The molecule has 3 unspecified atom stereocenters. The van der Waals surface area contributed by atoms with Gasteiger partial charge in [-0.2, -0.15) is 0 Å². The lowest BCUT2D eigenvalue weighted by molar-refractivity contribution is -0.147. The quantitative estimate of drug-likeness (QED) is 0.378. The first-order valence-electron chi connectivity index (χ1n) is 13.5. The SMILES string of the molecule is C=CCN(C)C(=O)[C@@H]1[C@@H]2CC(C)C3(S2)C(C(=O)N(CC=C)CCCC)N([C@@H](CO)[C@@H](C)CC)C(=O)[C@H]13. The first kappa shape index (κ1) is 28.8. The van der Waals surface area contributed by atoms with Crippen LogP contribution in [0.4, 0.5) is 0 Å². The lowest BCUT2D eigenvalue weighted by atomic mass is 9.65. The van der Waals surface area contributed by atoms with E-state index in [0.29, 0.717) is 19.6 Å². The number of carbonyl (C=O) groups excluding carboxylic acids is 3. The highest BCUT2D eigenvalue weighted by Gasteiger charge is 2.77. The number of aliphatic hydroxyl groups is 1. The number of carbonyl (C=O) groups is 3. The molecule has 0 radical (unpaired) electrons. The highest BCUT2D eigenvalue weighted by Crippen LogP contribution is 2.69. The lowest BCUT2D eigenvalue weighted by Crippen LogP contribution is -2.60. The van der Waals surface area contributed by atoms with Gasteiger partial charge in [-0.25, -0.2) is 0 Å². The number of likely N-dealkylation sites (N-methyl/N-ethyl adjacent to an activating group) is 1. The number of amides is 3. The molecule has 8 heteroatoms. The number of hydrogen-bond donors (Lipinski definition) is 1. The molecule has 7 nitrogen and oxygen atoms in total. The van der Waals surface area contributed by atoms with Crippen LogP contribution in [0.3, 0.4) is 0 Å². The van der Waals surface area contributed by atoms with E-state index in [1.165, 1.54) is 0 Å². The van der Waals surface area contributed by atoms with Crippen molar-refractivity contribution >= 4 is 29.5 Å². The minimum Gasteiger partial charge on any atom is -0.394 e. The fraction of sp³-hybridized carbons (Fsp3) is 0.750. The number of aliphatic hydroxyl groups excluding tert-OH is 1. The summed E-state index contributed by atoms with van der Waals surface area (Å²) in [7, 11) is 1.75. The molecule has 0 aromatic heterocycles. The number of thioether (sulfide) groups is 1. The molecule has 3 rings (SSSR count). The zero-order valence-corrected chi connectivity index (χ0v) is 23.5. The first-order valence-corrected chi connectivity index (χ1v) is 14.4. The minimum absolute atomic E-state index is 0.00540. The summed E-state index contributed by atoms with van der Waals surface area (Å²) in [5.41, 5.74) is 0. The van der Waals surface area contributed by atoms with E-state index < -0.39 is 28.7 Å². The van der Waals surface area contributed by atoms with Gasteiger partial charge in [-0.1, -0.05) is 52.7 Å². The standard InChI is InChI=1S/C28H45N3O4S/c1-8-12-15-30(14-10-3)27(35)24-28-19(6)16-21(36-28)22(25(33)29(7)13-9-2)23(28)26(34)31(24)20(17-32)18(5)11-4/h9-10,18-24,32H,2-3,8,11-17H2,1,4-7H3/t18-,19?,20-,21-,22+,23-,24?,28?/m0/s1. The second-order valence-electron chi connectivity index (χ2n) is 10.9. The Kier molecular flexibility index (Phi) is 9.36. The van der Waals surface area contributed by atoms with Crippen LogP contribution in [0.15, 0.2) is 25.3 Å². The Labute approximate surface area is 221 Å². The first-order chi connectivity index (χ1) is 17.2. The Morgan fingerprint density at radius 1 is 1.25 bits per heavy atom. The second kappa shape index (κ2) is 11.7. The summed E-state index contributed by atoms with van der Waals surface area (Å²) < 4.78 is -0.680. The Morgan fingerprint density at radius 3 is 2.47 bits per heavy atom. The summed E-state index contributed by atoms with van der Waals surface area (Å²) in [5.74, 6) is -1.19. The molecule has 8 atom stereocenters. The van der Waals surface area contributed by atoms with Gasteiger partial charge in [-0.15, -0.1) is 24.9 Å². The molecule has 0 aliphatic carbocycles. The fourth-order valence-corrected chi connectivity index (χ4v) is 9.10. The number of likely N-dealkylation sites (tertiary alicyclic amines) is 1. The smallest absolute Gasteiger partial charge is 0.247 e. The molecule has 1 spiro atoms. The topological polar surface area (TPSA) is 81.2 Å². The van der Waals surface area contributed by atoms with Crippen molar-refractivity contribution in [1.82, 2.24) is 14.7 Å². The average molecular weight is 520 g/mol. The van der Waals surface area contributed by atoms with Crippen LogP contribution in [0.25, 0.3) is 0 Å². The van der Waals surface area contributed by atoms with Crippen LogP contribution in [0, 0.1) is 23.7 Å². The van der Waals surface area contributed by atoms with Gasteiger partial charge in [-0.3, -0.25) is 14.4 Å². The zero-order valence-electron chi connectivity index (χ0n) is 22.7. The van der Waals surface area contributed by atoms with Crippen LogP contribution >= 0.6 is 11.8 Å². The van der Waals surface area contributed by atoms with Crippen LogP contribution in [0.1, 0.15) is 53.4 Å². The lowest BCUT2D eigenvalue weighted by Gasteiger charge is -2.43. The van der Waals surface area contributed by atoms with E-state index in [1.807, 2.05) is 18.7 Å². The van der Waals surface area contributed by atoms with Gasteiger partial charge in [-0.05, 0) is 24.7 Å². The normalized spacial score (nSPS) is 32.2. The third kappa shape index (κ3) is 4.53. The molecule has 0 saturated carbocycles. The number of rotatable bonds is 13. The van der Waals surface area contributed by atoms with Gasteiger partial charge in [0.15, 0.2) is 0 Å². The van der Waals surface area contributed by atoms with Crippen molar-refractivity contribution in [3.63, 3.8) is 0 Å². The van der Waals surface area contributed by atoms with E-state index in [-0.39, 0.29) is 41.4 Å². The Bertz CT molecular complexity index is 866. The number of fused-ring (bicyclic) bond motifs is 1. The van der Waals surface area contributed by atoms with Crippen molar-refractivity contribution < 1.29 is 19.5 Å². The molecule has 1 N–H and O–H groups in total. The Hall–Kier alpha value is -1.80. The van der Waals surface area contributed by atoms with Crippen molar-refractivity contribution in [2.24, 2.45) is 23.7 Å².